The highest BCUT2D eigenvalue weighted by Crippen LogP contribution is 2.23. The largest absolute Gasteiger partial charge is 0.326 e. The van der Waals surface area contributed by atoms with Gasteiger partial charge < -0.3 is 10.6 Å². The van der Waals surface area contributed by atoms with Crippen LogP contribution < -0.4 is 11.1 Å². The SMILES string of the molecule is NC1CCCCC1N1CC(=O)NC1=O. The Balaban J connectivity index is 2.06. The Morgan fingerprint density at radius 2 is 2.00 bits per heavy atom. The van der Waals surface area contributed by atoms with Crippen LogP contribution in [0.4, 0.5) is 4.79 Å². The van der Waals surface area contributed by atoms with Crippen molar-refractivity contribution in [3.63, 3.8) is 0 Å². The number of carbonyl (C=O) groups excluding carboxylic acids is 2. The number of nitrogens with two attached hydrogens (primary N) is 1. The van der Waals surface area contributed by atoms with Gasteiger partial charge in [0.2, 0.25) is 5.91 Å². The Hall–Kier alpha value is -1.10. The monoisotopic (exact) mass is 197 g/mol. The van der Waals surface area contributed by atoms with Crippen LogP contribution in [0.5, 0.6) is 0 Å². The molecular formula is C9H15N3O2. The number of nitrogens with zero attached hydrogens (tertiary/aromatic N) is 1. The fourth-order valence-electron chi connectivity index (χ4n) is 2.25. The van der Waals surface area contributed by atoms with Crippen molar-refractivity contribution < 1.29 is 9.59 Å². The fourth-order valence-corrected chi connectivity index (χ4v) is 2.25. The van der Waals surface area contributed by atoms with E-state index in [-0.39, 0.29) is 30.6 Å². The molecule has 3 amide bonds. The third-order valence-electron chi connectivity index (χ3n) is 3.00. The van der Waals surface area contributed by atoms with Crippen LogP contribution in [-0.2, 0) is 4.79 Å². The average molecular weight is 197 g/mol. The second kappa shape index (κ2) is 3.57. The molecule has 5 heteroatoms. The van der Waals surface area contributed by atoms with Gasteiger partial charge in [-0.2, -0.15) is 0 Å². The van der Waals surface area contributed by atoms with E-state index in [9.17, 15) is 9.59 Å². The number of carbonyl (C=O) groups is 2. The minimum atomic E-state index is -0.280. The number of urea groups is 1. The number of rotatable bonds is 1. The third-order valence-corrected chi connectivity index (χ3v) is 3.00. The highest BCUT2D eigenvalue weighted by atomic mass is 16.2. The van der Waals surface area contributed by atoms with Crippen LogP contribution in [0.2, 0.25) is 0 Å². The summed E-state index contributed by atoms with van der Waals surface area (Å²) in [6.07, 6.45) is 4.09. The number of nitrogens with one attached hydrogen (secondary N) is 1. The molecule has 0 bridgehead atoms. The van der Waals surface area contributed by atoms with E-state index in [1.807, 2.05) is 0 Å². The lowest BCUT2D eigenvalue weighted by molar-refractivity contribution is -0.118. The van der Waals surface area contributed by atoms with Crippen molar-refractivity contribution in [3.8, 4) is 0 Å². The van der Waals surface area contributed by atoms with E-state index >= 15 is 0 Å². The first-order valence-corrected chi connectivity index (χ1v) is 5.04. The zero-order valence-electron chi connectivity index (χ0n) is 8.03. The van der Waals surface area contributed by atoms with Crippen molar-refractivity contribution in [2.75, 3.05) is 6.54 Å². The van der Waals surface area contributed by atoms with Crippen molar-refractivity contribution in [1.29, 1.82) is 0 Å². The molecule has 0 radical (unpaired) electrons. The molecule has 78 valence electrons. The van der Waals surface area contributed by atoms with Gasteiger partial charge in [0.1, 0.15) is 6.54 Å². The first kappa shape index (κ1) is 9.45. The molecule has 1 saturated carbocycles. The van der Waals surface area contributed by atoms with Gasteiger partial charge in [0.15, 0.2) is 0 Å². The fraction of sp³-hybridized carbons (Fsp3) is 0.778. The first-order chi connectivity index (χ1) is 6.68. The summed E-state index contributed by atoms with van der Waals surface area (Å²) in [6.45, 7) is 0.178. The van der Waals surface area contributed by atoms with Gasteiger partial charge in [0.25, 0.3) is 0 Å². The molecule has 2 aliphatic rings. The van der Waals surface area contributed by atoms with Gasteiger partial charge in [-0.1, -0.05) is 12.8 Å². The van der Waals surface area contributed by atoms with Gasteiger partial charge in [-0.15, -0.1) is 0 Å². The third kappa shape index (κ3) is 1.59. The maximum atomic E-state index is 11.4. The molecule has 3 N–H and O–H groups in total. The summed E-state index contributed by atoms with van der Waals surface area (Å²) in [6, 6.07) is -0.201. The minimum absolute atomic E-state index is 0.0281. The predicted octanol–water partition coefficient (Wildman–Crippen LogP) is -0.192. The molecular weight excluding hydrogens is 182 g/mol. The summed E-state index contributed by atoms with van der Waals surface area (Å²) in [5.74, 6) is -0.215. The maximum absolute atomic E-state index is 11.4. The molecule has 1 saturated heterocycles. The van der Waals surface area contributed by atoms with Crippen LogP contribution in [0.3, 0.4) is 0 Å². The molecule has 0 aromatic rings. The van der Waals surface area contributed by atoms with Crippen LogP contribution >= 0.6 is 0 Å². The molecule has 1 heterocycles. The standard InChI is InChI=1S/C9H15N3O2/c10-6-3-1-2-4-7(6)12-5-8(13)11-9(12)14/h6-7H,1-5,10H2,(H,11,13,14). The van der Waals surface area contributed by atoms with Gasteiger partial charge in [-0.05, 0) is 12.8 Å². The van der Waals surface area contributed by atoms with Gasteiger partial charge in [-0.25, -0.2) is 4.79 Å². The number of hydrogen-bond acceptors (Lipinski definition) is 3. The molecule has 1 aliphatic carbocycles. The topological polar surface area (TPSA) is 75.4 Å². The number of amides is 3. The smallest absolute Gasteiger partial charge is 0.324 e. The summed E-state index contributed by atoms with van der Waals surface area (Å²) < 4.78 is 0. The Bertz CT molecular complexity index is 267. The summed E-state index contributed by atoms with van der Waals surface area (Å²) in [7, 11) is 0. The molecule has 2 fully saturated rings. The Labute approximate surface area is 82.6 Å². The zero-order valence-corrected chi connectivity index (χ0v) is 8.03. The van der Waals surface area contributed by atoms with E-state index in [2.05, 4.69) is 5.32 Å². The molecule has 0 spiro atoms. The van der Waals surface area contributed by atoms with Crippen LogP contribution in [-0.4, -0.2) is 35.5 Å². The summed E-state index contributed by atoms with van der Waals surface area (Å²) in [5.41, 5.74) is 5.93. The highest BCUT2D eigenvalue weighted by Gasteiger charge is 2.36. The van der Waals surface area contributed by atoms with E-state index in [0.717, 1.165) is 25.7 Å². The van der Waals surface area contributed by atoms with E-state index in [0.29, 0.717) is 0 Å². The zero-order chi connectivity index (χ0) is 10.1. The van der Waals surface area contributed by atoms with Crippen molar-refractivity contribution in [3.05, 3.63) is 0 Å². The molecule has 2 rings (SSSR count). The number of hydrogen-bond donors (Lipinski definition) is 2. The van der Waals surface area contributed by atoms with E-state index in [1.165, 1.54) is 0 Å². The normalized spacial score (nSPS) is 33.4. The van der Waals surface area contributed by atoms with Gasteiger partial charge >= 0.3 is 6.03 Å². The second-order valence-corrected chi connectivity index (χ2v) is 4.00. The minimum Gasteiger partial charge on any atom is -0.326 e. The van der Waals surface area contributed by atoms with Crippen molar-refractivity contribution in [2.24, 2.45) is 5.73 Å². The lowest BCUT2D eigenvalue weighted by atomic mass is 9.90. The Morgan fingerprint density at radius 1 is 1.29 bits per heavy atom. The summed E-state index contributed by atoms with van der Waals surface area (Å²) >= 11 is 0. The average Bonchev–Trinajstić information content (AvgIpc) is 2.46. The predicted molar refractivity (Wildman–Crippen MR) is 50.5 cm³/mol. The molecule has 2 atom stereocenters. The molecule has 2 unspecified atom stereocenters. The summed E-state index contributed by atoms with van der Waals surface area (Å²) in [5, 5.41) is 2.28. The maximum Gasteiger partial charge on any atom is 0.324 e. The van der Waals surface area contributed by atoms with Gasteiger partial charge in [0.05, 0.1) is 0 Å². The molecule has 5 nitrogen and oxygen atoms in total. The second-order valence-electron chi connectivity index (χ2n) is 4.00. The summed E-state index contributed by atoms with van der Waals surface area (Å²) in [4.78, 5) is 23.9. The number of imide groups is 1. The first-order valence-electron chi connectivity index (χ1n) is 5.04. The molecule has 0 aromatic carbocycles. The van der Waals surface area contributed by atoms with Crippen LogP contribution in [0.1, 0.15) is 25.7 Å². The van der Waals surface area contributed by atoms with E-state index in [4.69, 9.17) is 5.73 Å². The van der Waals surface area contributed by atoms with Gasteiger partial charge in [-0.3, -0.25) is 10.1 Å². The van der Waals surface area contributed by atoms with E-state index < -0.39 is 0 Å². The lowest BCUT2D eigenvalue weighted by Gasteiger charge is -2.34. The Morgan fingerprint density at radius 3 is 2.57 bits per heavy atom. The van der Waals surface area contributed by atoms with Crippen LogP contribution in [0.15, 0.2) is 0 Å². The van der Waals surface area contributed by atoms with Crippen molar-refractivity contribution in [2.45, 2.75) is 37.8 Å². The molecule has 0 aromatic heterocycles. The lowest BCUT2D eigenvalue weighted by Crippen LogP contribution is -2.50. The molecule has 1 aliphatic heterocycles. The van der Waals surface area contributed by atoms with Crippen LogP contribution in [0, 0.1) is 0 Å². The van der Waals surface area contributed by atoms with Crippen LogP contribution in [0.25, 0.3) is 0 Å². The Kier molecular flexibility index (Phi) is 2.41. The highest BCUT2D eigenvalue weighted by molar-refractivity contribution is 6.02. The quantitative estimate of drug-likeness (QED) is 0.572. The van der Waals surface area contributed by atoms with E-state index in [1.54, 1.807) is 4.90 Å². The molecule has 14 heavy (non-hydrogen) atoms. The van der Waals surface area contributed by atoms with Crippen molar-refractivity contribution >= 4 is 11.9 Å². The van der Waals surface area contributed by atoms with Crippen molar-refractivity contribution in [1.82, 2.24) is 10.2 Å². The van der Waals surface area contributed by atoms with Gasteiger partial charge in [0, 0.05) is 12.1 Å².